The van der Waals surface area contributed by atoms with Crippen LogP contribution in [0.25, 0.3) is 0 Å². The van der Waals surface area contributed by atoms with Gasteiger partial charge in [-0.25, -0.2) is 4.79 Å². The number of hydrogen-bond donors (Lipinski definition) is 2. The molecule has 1 aromatic heterocycles. The first-order valence-corrected chi connectivity index (χ1v) is 6.64. The van der Waals surface area contributed by atoms with Gasteiger partial charge in [-0.05, 0) is 24.6 Å². The summed E-state index contributed by atoms with van der Waals surface area (Å²) in [6, 6.07) is 7.84. The Hall–Kier alpha value is -2.34. The Kier molecular flexibility index (Phi) is 4.59. The summed E-state index contributed by atoms with van der Waals surface area (Å²) in [5, 5.41) is 16.4. The van der Waals surface area contributed by atoms with Crippen LogP contribution in [-0.2, 0) is 13.6 Å². The molecule has 0 radical (unpaired) electrons. The fourth-order valence-corrected chi connectivity index (χ4v) is 2.13. The van der Waals surface area contributed by atoms with Crippen molar-refractivity contribution >= 4 is 5.97 Å². The summed E-state index contributed by atoms with van der Waals surface area (Å²) in [6.45, 7) is 2.45. The van der Waals surface area contributed by atoms with Crippen LogP contribution in [-0.4, -0.2) is 28.0 Å². The van der Waals surface area contributed by atoms with Crippen molar-refractivity contribution in [2.75, 3.05) is 7.11 Å². The number of carbonyl (C=O) groups is 1. The lowest BCUT2D eigenvalue weighted by Gasteiger charge is -2.15. The molecule has 0 fully saturated rings. The third-order valence-electron chi connectivity index (χ3n) is 3.46. The van der Waals surface area contributed by atoms with E-state index in [4.69, 9.17) is 9.84 Å². The molecule has 0 saturated heterocycles. The van der Waals surface area contributed by atoms with Gasteiger partial charge in [0.1, 0.15) is 11.3 Å². The van der Waals surface area contributed by atoms with Crippen LogP contribution in [0.5, 0.6) is 5.75 Å². The van der Waals surface area contributed by atoms with Gasteiger partial charge in [0.25, 0.3) is 0 Å². The summed E-state index contributed by atoms with van der Waals surface area (Å²) in [7, 11) is 3.37. The van der Waals surface area contributed by atoms with E-state index in [1.807, 2.05) is 31.2 Å². The predicted octanol–water partition coefficient (Wildman–Crippen LogP) is 1.98. The highest BCUT2D eigenvalue weighted by atomic mass is 16.5. The standard InChI is InChI=1S/C15H19N3O3/c1-10(11-5-4-6-12(7-11)21-3)16-9-14-13(15(19)20)8-17-18(14)2/h4-8,10,16H,9H2,1-3H3,(H,19,20)/t10-/m0/s1. The van der Waals surface area contributed by atoms with Crippen LogP contribution in [0.4, 0.5) is 0 Å². The predicted molar refractivity (Wildman–Crippen MR) is 78.4 cm³/mol. The van der Waals surface area contributed by atoms with E-state index in [0.717, 1.165) is 11.3 Å². The summed E-state index contributed by atoms with van der Waals surface area (Å²) >= 11 is 0. The van der Waals surface area contributed by atoms with Crippen molar-refractivity contribution in [3.63, 3.8) is 0 Å². The summed E-state index contributed by atoms with van der Waals surface area (Å²) in [6.07, 6.45) is 1.37. The molecule has 0 amide bonds. The molecule has 6 nitrogen and oxygen atoms in total. The minimum absolute atomic E-state index is 0.0663. The van der Waals surface area contributed by atoms with E-state index in [0.29, 0.717) is 12.2 Å². The number of carboxylic acid groups (broad SMARTS) is 1. The highest BCUT2D eigenvalue weighted by Crippen LogP contribution is 2.19. The molecule has 2 rings (SSSR count). The molecule has 112 valence electrons. The maximum Gasteiger partial charge on any atom is 0.339 e. The average Bonchev–Trinajstić information content (AvgIpc) is 2.86. The van der Waals surface area contributed by atoms with Gasteiger partial charge >= 0.3 is 5.97 Å². The Labute approximate surface area is 123 Å². The Bertz CT molecular complexity index is 637. The molecule has 21 heavy (non-hydrogen) atoms. The number of aromatic carboxylic acids is 1. The van der Waals surface area contributed by atoms with Gasteiger partial charge in [0.05, 0.1) is 19.0 Å². The minimum Gasteiger partial charge on any atom is -0.497 e. The first-order chi connectivity index (χ1) is 10.0. The molecule has 1 heterocycles. The van der Waals surface area contributed by atoms with Gasteiger partial charge in [0.2, 0.25) is 0 Å². The van der Waals surface area contributed by atoms with Crippen molar-refractivity contribution in [2.45, 2.75) is 19.5 Å². The largest absolute Gasteiger partial charge is 0.497 e. The van der Waals surface area contributed by atoms with E-state index in [1.165, 1.54) is 6.20 Å². The summed E-state index contributed by atoms with van der Waals surface area (Å²) < 4.78 is 6.78. The molecular weight excluding hydrogens is 270 g/mol. The zero-order chi connectivity index (χ0) is 15.4. The Morgan fingerprint density at radius 3 is 2.95 bits per heavy atom. The second kappa shape index (κ2) is 6.41. The summed E-state index contributed by atoms with van der Waals surface area (Å²) in [5.41, 5.74) is 1.95. The van der Waals surface area contributed by atoms with Crippen molar-refractivity contribution in [3.05, 3.63) is 47.3 Å². The first-order valence-electron chi connectivity index (χ1n) is 6.64. The number of hydrogen-bond acceptors (Lipinski definition) is 4. The van der Waals surface area contributed by atoms with Crippen LogP contribution in [0.1, 0.15) is 34.6 Å². The van der Waals surface area contributed by atoms with Crippen LogP contribution in [0, 0.1) is 0 Å². The van der Waals surface area contributed by atoms with Crippen LogP contribution < -0.4 is 10.1 Å². The highest BCUT2D eigenvalue weighted by Gasteiger charge is 2.16. The number of rotatable bonds is 6. The van der Waals surface area contributed by atoms with Crippen LogP contribution in [0.15, 0.2) is 30.5 Å². The van der Waals surface area contributed by atoms with Crippen molar-refractivity contribution in [3.8, 4) is 5.75 Å². The lowest BCUT2D eigenvalue weighted by molar-refractivity contribution is 0.0695. The third kappa shape index (κ3) is 3.41. The number of aryl methyl sites for hydroxylation is 1. The molecule has 0 spiro atoms. The van der Waals surface area contributed by atoms with Crippen molar-refractivity contribution in [1.29, 1.82) is 0 Å². The number of carboxylic acids is 1. The zero-order valence-electron chi connectivity index (χ0n) is 12.3. The summed E-state index contributed by atoms with van der Waals surface area (Å²) in [5.74, 6) is -0.165. The van der Waals surface area contributed by atoms with Gasteiger partial charge in [-0.15, -0.1) is 0 Å². The van der Waals surface area contributed by atoms with Gasteiger partial charge < -0.3 is 15.2 Å². The smallest absolute Gasteiger partial charge is 0.339 e. The fourth-order valence-electron chi connectivity index (χ4n) is 2.13. The summed E-state index contributed by atoms with van der Waals surface area (Å²) in [4.78, 5) is 11.1. The SMILES string of the molecule is COc1cccc([C@H](C)NCc2c(C(=O)O)cnn2C)c1. The Morgan fingerprint density at radius 1 is 1.52 bits per heavy atom. The Balaban J connectivity index is 2.09. The topological polar surface area (TPSA) is 76.4 Å². The second-order valence-electron chi connectivity index (χ2n) is 4.81. The maximum atomic E-state index is 11.1. The molecule has 0 aliphatic rings. The van der Waals surface area contributed by atoms with Gasteiger partial charge in [-0.2, -0.15) is 5.10 Å². The number of benzene rings is 1. The van der Waals surface area contributed by atoms with Crippen LogP contribution in [0.2, 0.25) is 0 Å². The van der Waals surface area contributed by atoms with Crippen molar-refractivity contribution in [1.82, 2.24) is 15.1 Å². The van der Waals surface area contributed by atoms with Crippen molar-refractivity contribution in [2.24, 2.45) is 7.05 Å². The normalized spacial score (nSPS) is 12.1. The van der Waals surface area contributed by atoms with Crippen molar-refractivity contribution < 1.29 is 14.6 Å². The van der Waals surface area contributed by atoms with Gasteiger partial charge in [-0.3, -0.25) is 4.68 Å². The van der Waals surface area contributed by atoms with Crippen LogP contribution >= 0.6 is 0 Å². The van der Waals surface area contributed by atoms with Gasteiger partial charge in [-0.1, -0.05) is 12.1 Å². The molecule has 0 aliphatic heterocycles. The minimum atomic E-state index is -0.964. The van der Waals surface area contributed by atoms with E-state index in [1.54, 1.807) is 18.8 Å². The number of ether oxygens (including phenoxy) is 1. The number of nitrogens with one attached hydrogen (secondary N) is 1. The molecule has 2 aromatic rings. The molecule has 0 aliphatic carbocycles. The monoisotopic (exact) mass is 289 g/mol. The van der Waals surface area contributed by atoms with Gasteiger partial charge in [0, 0.05) is 19.6 Å². The zero-order valence-corrected chi connectivity index (χ0v) is 12.3. The quantitative estimate of drug-likeness (QED) is 0.850. The molecule has 6 heteroatoms. The molecule has 2 N–H and O–H groups in total. The fraction of sp³-hybridized carbons (Fsp3) is 0.333. The maximum absolute atomic E-state index is 11.1. The molecule has 1 aromatic carbocycles. The van der Waals surface area contributed by atoms with E-state index < -0.39 is 5.97 Å². The van der Waals surface area contributed by atoms with E-state index in [2.05, 4.69) is 10.4 Å². The number of nitrogens with zero attached hydrogens (tertiary/aromatic N) is 2. The van der Waals surface area contributed by atoms with Crippen LogP contribution in [0.3, 0.4) is 0 Å². The highest BCUT2D eigenvalue weighted by molar-refractivity contribution is 5.88. The first kappa shape index (κ1) is 15.1. The number of methoxy groups -OCH3 is 1. The molecule has 0 unspecified atom stereocenters. The molecule has 1 atom stereocenters. The average molecular weight is 289 g/mol. The lowest BCUT2D eigenvalue weighted by atomic mass is 10.1. The number of aromatic nitrogens is 2. The molecule has 0 bridgehead atoms. The third-order valence-corrected chi connectivity index (χ3v) is 3.46. The lowest BCUT2D eigenvalue weighted by Crippen LogP contribution is -2.21. The molecular formula is C15H19N3O3. The second-order valence-corrected chi connectivity index (χ2v) is 4.81. The molecule has 0 saturated carbocycles. The van der Waals surface area contributed by atoms with E-state index in [-0.39, 0.29) is 11.6 Å². The van der Waals surface area contributed by atoms with Gasteiger partial charge in [0.15, 0.2) is 0 Å². The van der Waals surface area contributed by atoms with E-state index >= 15 is 0 Å². The Morgan fingerprint density at radius 2 is 2.29 bits per heavy atom. The van der Waals surface area contributed by atoms with E-state index in [9.17, 15) is 4.79 Å².